The van der Waals surface area contributed by atoms with E-state index in [9.17, 15) is 18.0 Å². The summed E-state index contributed by atoms with van der Waals surface area (Å²) in [6.07, 6.45) is 0. The summed E-state index contributed by atoms with van der Waals surface area (Å²) in [5, 5.41) is 11.3. The minimum atomic E-state index is -1.45. The molecular weight excluding hydrogens is 273 g/mol. The van der Waals surface area contributed by atoms with Crippen LogP contribution < -0.4 is 11.1 Å². The number of rotatable bonds is 3. The quantitative estimate of drug-likeness (QED) is 0.756. The van der Waals surface area contributed by atoms with Gasteiger partial charge in [0.2, 0.25) is 0 Å². The van der Waals surface area contributed by atoms with E-state index >= 15 is 0 Å². The molecule has 0 fully saturated rings. The van der Waals surface area contributed by atoms with Crippen LogP contribution in [0.4, 0.5) is 30.2 Å². The van der Waals surface area contributed by atoms with Gasteiger partial charge in [-0.05, 0) is 18.2 Å². The van der Waals surface area contributed by atoms with Gasteiger partial charge >= 0.3 is 5.97 Å². The molecule has 0 unspecified atom stereocenters. The van der Waals surface area contributed by atoms with Crippen LogP contribution >= 0.6 is 0 Å². The van der Waals surface area contributed by atoms with Crippen molar-refractivity contribution in [3.05, 3.63) is 53.3 Å². The molecule has 0 aliphatic carbocycles. The van der Waals surface area contributed by atoms with Crippen molar-refractivity contribution in [2.24, 2.45) is 0 Å². The lowest BCUT2D eigenvalue weighted by Gasteiger charge is -2.11. The lowest BCUT2D eigenvalue weighted by Crippen LogP contribution is -2.05. The third-order valence-electron chi connectivity index (χ3n) is 2.57. The maximum Gasteiger partial charge on any atom is 0.338 e. The minimum absolute atomic E-state index is 0.0338. The Hall–Kier alpha value is -2.70. The van der Waals surface area contributed by atoms with Crippen molar-refractivity contribution >= 4 is 23.0 Å². The standard InChI is InChI=1S/C13H9F3N2O2/c14-8-2-1-6(3-10(8)16)18-12-5-9(15)7(13(19)20)4-11(12)17/h1-5,18H,17H2,(H,19,20). The highest BCUT2D eigenvalue weighted by Crippen LogP contribution is 2.27. The van der Waals surface area contributed by atoms with E-state index in [0.717, 1.165) is 24.3 Å². The fourth-order valence-electron chi connectivity index (χ4n) is 1.59. The topological polar surface area (TPSA) is 75.4 Å². The summed E-state index contributed by atoms with van der Waals surface area (Å²) in [5.41, 5.74) is 5.18. The van der Waals surface area contributed by atoms with Gasteiger partial charge in [0.25, 0.3) is 0 Å². The molecule has 0 atom stereocenters. The summed E-state index contributed by atoms with van der Waals surface area (Å²) in [6, 6.07) is 4.83. The SMILES string of the molecule is Nc1cc(C(=O)O)c(F)cc1Nc1ccc(F)c(F)c1. The monoisotopic (exact) mass is 282 g/mol. The van der Waals surface area contributed by atoms with E-state index in [1.54, 1.807) is 0 Å². The Bertz CT molecular complexity index is 690. The van der Waals surface area contributed by atoms with Crippen molar-refractivity contribution in [1.82, 2.24) is 0 Å². The fraction of sp³-hybridized carbons (Fsp3) is 0. The lowest BCUT2D eigenvalue weighted by atomic mass is 10.1. The Labute approximate surface area is 111 Å². The number of nitrogens with two attached hydrogens (primary N) is 1. The van der Waals surface area contributed by atoms with Gasteiger partial charge in [0.05, 0.1) is 16.9 Å². The number of aromatic carboxylic acids is 1. The highest BCUT2D eigenvalue weighted by Gasteiger charge is 2.14. The Morgan fingerprint density at radius 3 is 2.35 bits per heavy atom. The molecule has 20 heavy (non-hydrogen) atoms. The second-order valence-electron chi connectivity index (χ2n) is 3.98. The predicted molar refractivity (Wildman–Crippen MR) is 67.4 cm³/mol. The first-order chi connectivity index (χ1) is 9.38. The summed E-state index contributed by atoms with van der Waals surface area (Å²) in [7, 11) is 0. The first-order valence-electron chi connectivity index (χ1n) is 5.43. The number of carboxylic acid groups (broad SMARTS) is 1. The average Bonchev–Trinajstić information content (AvgIpc) is 2.37. The summed E-state index contributed by atoms with van der Waals surface area (Å²) in [5.74, 6) is -4.53. The Kier molecular flexibility index (Phi) is 3.51. The van der Waals surface area contributed by atoms with Gasteiger partial charge in [0, 0.05) is 17.8 Å². The fourth-order valence-corrected chi connectivity index (χ4v) is 1.59. The molecule has 0 heterocycles. The van der Waals surface area contributed by atoms with Crippen LogP contribution in [0.1, 0.15) is 10.4 Å². The molecule has 0 bridgehead atoms. The second kappa shape index (κ2) is 5.12. The predicted octanol–water partition coefficient (Wildman–Crippen LogP) is 3.13. The van der Waals surface area contributed by atoms with Gasteiger partial charge in [0.1, 0.15) is 5.82 Å². The smallest absolute Gasteiger partial charge is 0.338 e. The zero-order valence-electron chi connectivity index (χ0n) is 9.95. The molecule has 0 spiro atoms. The van der Waals surface area contributed by atoms with Gasteiger partial charge < -0.3 is 16.2 Å². The van der Waals surface area contributed by atoms with Gasteiger partial charge in [-0.25, -0.2) is 18.0 Å². The number of hydrogen-bond acceptors (Lipinski definition) is 3. The van der Waals surface area contributed by atoms with Gasteiger partial charge in [0.15, 0.2) is 11.6 Å². The summed E-state index contributed by atoms with van der Waals surface area (Å²) in [4.78, 5) is 10.7. The van der Waals surface area contributed by atoms with Gasteiger partial charge in [-0.1, -0.05) is 0 Å². The minimum Gasteiger partial charge on any atom is -0.478 e. The number of halogens is 3. The highest BCUT2D eigenvalue weighted by molar-refractivity contribution is 5.91. The summed E-state index contributed by atoms with van der Waals surface area (Å²) >= 11 is 0. The van der Waals surface area contributed by atoms with Crippen molar-refractivity contribution in [3.8, 4) is 0 Å². The molecule has 0 radical (unpaired) electrons. The molecular formula is C13H9F3N2O2. The van der Waals surface area contributed by atoms with E-state index in [0.29, 0.717) is 0 Å². The zero-order chi connectivity index (χ0) is 14.9. The molecule has 2 aromatic carbocycles. The van der Waals surface area contributed by atoms with Crippen LogP contribution in [0.5, 0.6) is 0 Å². The summed E-state index contributed by atoms with van der Waals surface area (Å²) < 4.78 is 39.3. The Balaban J connectivity index is 2.36. The van der Waals surface area contributed by atoms with Crippen LogP contribution in [0, 0.1) is 17.5 Å². The number of carboxylic acids is 1. The van der Waals surface area contributed by atoms with Crippen LogP contribution in [0.15, 0.2) is 30.3 Å². The normalized spacial score (nSPS) is 10.3. The molecule has 104 valence electrons. The number of carbonyl (C=O) groups is 1. The van der Waals surface area contributed by atoms with Crippen LogP contribution in [0.25, 0.3) is 0 Å². The largest absolute Gasteiger partial charge is 0.478 e. The molecule has 0 aliphatic heterocycles. The van der Waals surface area contributed by atoms with E-state index in [1.807, 2.05) is 0 Å². The lowest BCUT2D eigenvalue weighted by molar-refractivity contribution is 0.0692. The van der Waals surface area contributed by atoms with Gasteiger partial charge in [-0.15, -0.1) is 0 Å². The van der Waals surface area contributed by atoms with E-state index in [2.05, 4.69) is 5.32 Å². The molecule has 0 saturated heterocycles. The maximum absolute atomic E-state index is 13.5. The van der Waals surface area contributed by atoms with Crippen molar-refractivity contribution < 1.29 is 23.1 Å². The first kappa shape index (κ1) is 13.7. The Morgan fingerprint density at radius 1 is 1.05 bits per heavy atom. The zero-order valence-corrected chi connectivity index (χ0v) is 9.95. The molecule has 0 amide bonds. The molecule has 0 saturated carbocycles. The van der Waals surface area contributed by atoms with E-state index in [4.69, 9.17) is 10.8 Å². The van der Waals surface area contributed by atoms with E-state index in [1.165, 1.54) is 6.07 Å². The molecule has 0 aliphatic rings. The number of benzene rings is 2. The number of anilines is 3. The molecule has 2 aromatic rings. The third-order valence-corrected chi connectivity index (χ3v) is 2.57. The average molecular weight is 282 g/mol. The van der Waals surface area contributed by atoms with E-state index in [-0.39, 0.29) is 17.1 Å². The number of nitrogens with one attached hydrogen (secondary N) is 1. The van der Waals surface area contributed by atoms with Crippen LogP contribution in [-0.4, -0.2) is 11.1 Å². The van der Waals surface area contributed by atoms with Crippen molar-refractivity contribution in [3.63, 3.8) is 0 Å². The molecule has 7 heteroatoms. The molecule has 2 rings (SSSR count). The van der Waals surface area contributed by atoms with Crippen molar-refractivity contribution in [1.29, 1.82) is 0 Å². The maximum atomic E-state index is 13.5. The molecule has 4 N–H and O–H groups in total. The number of hydrogen-bond donors (Lipinski definition) is 3. The number of nitrogen functional groups attached to an aromatic ring is 1. The third kappa shape index (κ3) is 2.66. The highest BCUT2D eigenvalue weighted by atomic mass is 19.2. The molecule has 4 nitrogen and oxygen atoms in total. The van der Waals surface area contributed by atoms with Crippen LogP contribution in [0.2, 0.25) is 0 Å². The van der Waals surface area contributed by atoms with Crippen LogP contribution in [0.3, 0.4) is 0 Å². The van der Waals surface area contributed by atoms with Crippen molar-refractivity contribution in [2.75, 3.05) is 11.1 Å². The van der Waals surface area contributed by atoms with Gasteiger partial charge in [-0.3, -0.25) is 0 Å². The summed E-state index contributed by atoms with van der Waals surface area (Å²) in [6.45, 7) is 0. The molecule has 0 aromatic heterocycles. The van der Waals surface area contributed by atoms with E-state index < -0.39 is 29.0 Å². The van der Waals surface area contributed by atoms with Crippen molar-refractivity contribution in [2.45, 2.75) is 0 Å². The van der Waals surface area contributed by atoms with Crippen LogP contribution in [-0.2, 0) is 0 Å². The second-order valence-corrected chi connectivity index (χ2v) is 3.98. The first-order valence-corrected chi connectivity index (χ1v) is 5.43. The Morgan fingerprint density at radius 2 is 1.75 bits per heavy atom. The van der Waals surface area contributed by atoms with Gasteiger partial charge in [-0.2, -0.15) is 0 Å².